The third-order valence-electron chi connectivity index (χ3n) is 11.2. The molecule has 0 N–H and O–H groups in total. The summed E-state index contributed by atoms with van der Waals surface area (Å²) in [5.74, 6) is 3.85. The van der Waals surface area contributed by atoms with Gasteiger partial charge in [0.05, 0.1) is 8.07 Å². The summed E-state index contributed by atoms with van der Waals surface area (Å²) in [5, 5.41) is 0. The van der Waals surface area contributed by atoms with Gasteiger partial charge < -0.3 is 8.83 Å². The molecule has 49 heavy (non-hydrogen) atoms. The van der Waals surface area contributed by atoms with Crippen molar-refractivity contribution in [2.75, 3.05) is 0 Å². The van der Waals surface area contributed by atoms with Crippen LogP contribution in [-0.2, 0) is 0 Å². The fraction of sp³-hybridized carbons (Fsp3) is 0.217. The number of rotatable bonds is 6. The highest BCUT2D eigenvalue weighted by Gasteiger charge is 2.50. The first kappa shape index (κ1) is 31.4. The van der Waals surface area contributed by atoms with Crippen LogP contribution in [0.2, 0.25) is 13.1 Å². The summed E-state index contributed by atoms with van der Waals surface area (Å²) in [5.41, 5.74) is 19.0. The molecule has 0 saturated heterocycles. The molecule has 8 rings (SSSR count). The Hall–Kier alpha value is -4.86. The van der Waals surface area contributed by atoms with Crippen molar-refractivity contribution in [2.24, 2.45) is 0 Å². The number of fused-ring (bicyclic) bond motifs is 2. The molecular formula is C46H44O2Si. The zero-order valence-corrected chi connectivity index (χ0v) is 30.9. The monoisotopic (exact) mass is 656 g/mol. The van der Waals surface area contributed by atoms with Crippen molar-refractivity contribution < 1.29 is 8.83 Å². The first-order valence-electron chi connectivity index (χ1n) is 17.5. The van der Waals surface area contributed by atoms with Crippen LogP contribution < -0.4 is 0 Å². The number of aryl methyl sites for hydroxylation is 6. The highest BCUT2D eigenvalue weighted by atomic mass is 28.3. The molecule has 2 atom stereocenters. The van der Waals surface area contributed by atoms with E-state index in [1.165, 1.54) is 77.9 Å². The normalized spacial score (nSPS) is 16.8. The molecule has 2 aromatic heterocycles. The lowest BCUT2D eigenvalue weighted by Gasteiger charge is -2.39. The lowest BCUT2D eigenvalue weighted by atomic mass is 9.90. The molecule has 0 spiro atoms. The summed E-state index contributed by atoms with van der Waals surface area (Å²) in [6.07, 6.45) is 4.93. The molecule has 3 heteroatoms. The molecule has 2 aliphatic carbocycles. The fourth-order valence-corrected chi connectivity index (χ4v) is 13.4. The van der Waals surface area contributed by atoms with Gasteiger partial charge in [0.2, 0.25) is 0 Å². The summed E-state index contributed by atoms with van der Waals surface area (Å²) < 4.78 is 13.0. The fourth-order valence-electron chi connectivity index (χ4n) is 8.91. The van der Waals surface area contributed by atoms with E-state index in [1.54, 1.807) is 0 Å². The Morgan fingerprint density at radius 1 is 0.449 bits per heavy atom. The second-order valence-corrected chi connectivity index (χ2v) is 19.7. The van der Waals surface area contributed by atoms with Gasteiger partial charge in [-0.05, 0) is 145 Å². The van der Waals surface area contributed by atoms with Gasteiger partial charge in [-0.25, -0.2) is 0 Å². The maximum atomic E-state index is 6.50. The van der Waals surface area contributed by atoms with E-state index in [2.05, 4.69) is 164 Å². The van der Waals surface area contributed by atoms with E-state index in [0.29, 0.717) is 0 Å². The number of furan rings is 2. The van der Waals surface area contributed by atoms with Crippen molar-refractivity contribution in [3.8, 4) is 22.3 Å². The molecule has 0 bridgehead atoms. The van der Waals surface area contributed by atoms with Crippen LogP contribution >= 0.6 is 0 Å². The molecule has 2 aliphatic rings. The van der Waals surface area contributed by atoms with Crippen molar-refractivity contribution in [1.29, 1.82) is 0 Å². The van der Waals surface area contributed by atoms with Crippen LogP contribution in [0.3, 0.4) is 0 Å². The molecule has 2 nitrogen and oxygen atoms in total. The molecule has 6 aromatic rings. The van der Waals surface area contributed by atoms with E-state index in [9.17, 15) is 0 Å². The maximum absolute atomic E-state index is 6.50. The third-order valence-corrected chi connectivity index (χ3v) is 15.4. The first-order chi connectivity index (χ1) is 23.5. The SMILES string of the molecule is Cc1ccc(C2=Cc3c(ccc(C)c3-c3ccccc3C)C2[Si](C)(C)C2C(c3ccc(C)o3)=Cc3c2ccc(C)c3-c2ccccc2C)o1. The zero-order valence-electron chi connectivity index (χ0n) is 29.9. The Morgan fingerprint density at radius 2 is 0.857 bits per heavy atom. The quantitative estimate of drug-likeness (QED) is 0.167. The van der Waals surface area contributed by atoms with Crippen molar-refractivity contribution >= 4 is 31.4 Å². The maximum Gasteiger partial charge on any atom is 0.130 e. The Bertz CT molecular complexity index is 2180. The Morgan fingerprint density at radius 3 is 1.22 bits per heavy atom. The van der Waals surface area contributed by atoms with E-state index in [1.807, 2.05) is 0 Å². The average molecular weight is 657 g/mol. The summed E-state index contributed by atoms with van der Waals surface area (Å²) in [6, 6.07) is 35.7. The van der Waals surface area contributed by atoms with Crippen molar-refractivity contribution in [3.63, 3.8) is 0 Å². The Labute approximate surface area is 291 Å². The van der Waals surface area contributed by atoms with Gasteiger partial charge in [-0.15, -0.1) is 0 Å². The van der Waals surface area contributed by atoms with E-state index in [4.69, 9.17) is 8.83 Å². The summed E-state index contributed by atoms with van der Waals surface area (Å²) >= 11 is 0. The molecule has 244 valence electrons. The molecule has 0 amide bonds. The van der Waals surface area contributed by atoms with Gasteiger partial charge in [0.25, 0.3) is 0 Å². The van der Waals surface area contributed by atoms with Crippen molar-refractivity contribution in [3.05, 3.63) is 165 Å². The molecule has 0 aliphatic heterocycles. The second kappa shape index (κ2) is 11.6. The lowest BCUT2D eigenvalue weighted by molar-refractivity contribution is 0.519. The van der Waals surface area contributed by atoms with Crippen LogP contribution in [-0.4, -0.2) is 8.07 Å². The van der Waals surface area contributed by atoms with E-state index in [-0.39, 0.29) is 11.1 Å². The van der Waals surface area contributed by atoms with Crippen molar-refractivity contribution in [2.45, 2.75) is 65.7 Å². The van der Waals surface area contributed by atoms with Gasteiger partial charge in [-0.2, -0.15) is 0 Å². The number of benzene rings is 4. The Balaban J connectivity index is 1.39. The molecule has 4 aromatic carbocycles. The second-order valence-electron chi connectivity index (χ2n) is 14.9. The number of hydrogen-bond acceptors (Lipinski definition) is 2. The molecule has 0 saturated carbocycles. The van der Waals surface area contributed by atoms with E-state index in [0.717, 1.165) is 23.0 Å². The highest BCUT2D eigenvalue weighted by molar-refractivity contribution is 6.84. The van der Waals surface area contributed by atoms with Crippen molar-refractivity contribution in [1.82, 2.24) is 0 Å². The minimum absolute atomic E-state index is 0.204. The molecule has 2 unspecified atom stereocenters. The van der Waals surface area contributed by atoms with Crippen LogP contribution in [0.15, 0.2) is 106 Å². The third kappa shape index (κ3) is 4.97. The topological polar surface area (TPSA) is 26.3 Å². The highest BCUT2D eigenvalue weighted by Crippen LogP contribution is 2.59. The van der Waals surface area contributed by atoms with Gasteiger partial charge in [0, 0.05) is 22.2 Å². The first-order valence-corrected chi connectivity index (χ1v) is 20.7. The average Bonchev–Trinajstić information content (AvgIpc) is 3.87. The van der Waals surface area contributed by atoms with Gasteiger partial charge in [0.1, 0.15) is 23.0 Å². The zero-order chi connectivity index (χ0) is 34.2. The largest absolute Gasteiger partial charge is 0.462 e. The number of allylic oxidation sites excluding steroid dienone is 2. The summed E-state index contributed by atoms with van der Waals surface area (Å²) in [6.45, 7) is 18.3. The van der Waals surface area contributed by atoms with E-state index < -0.39 is 8.07 Å². The smallest absolute Gasteiger partial charge is 0.130 e. The van der Waals surface area contributed by atoms with Gasteiger partial charge >= 0.3 is 0 Å². The van der Waals surface area contributed by atoms with E-state index >= 15 is 0 Å². The van der Waals surface area contributed by atoms with Crippen LogP contribution in [0.25, 0.3) is 45.6 Å². The lowest BCUT2D eigenvalue weighted by Crippen LogP contribution is -2.42. The van der Waals surface area contributed by atoms with Gasteiger partial charge in [0.15, 0.2) is 0 Å². The Kier molecular flexibility index (Phi) is 7.46. The van der Waals surface area contributed by atoms with Crippen LogP contribution in [0.1, 0.15) is 78.6 Å². The van der Waals surface area contributed by atoms with Crippen LogP contribution in [0.4, 0.5) is 0 Å². The molecule has 0 radical (unpaired) electrons. The van der Waals surface area contributed by atoms with Gasteiger partial charge in [-0.1, -0.05) is 85.9 Å². The minimum Gasteiger partial charge on any atom is -0.462 e. The van der Waals surface area contributed by atoms with Gasteiger partial charge in [-0.3, -0.25) is 0 Å². The number of hydrogen-bond donors (Lipinski definition) is 0. The summed E-state index contributed by atoms with van der Waals surface area (Å²) in [4.78, 5) is 0. The standard InChI is InChI=1S/C46H44O2Si/c1-27-13-9-11-15-33(27)43-29(3)17-21-35-37(43)25-39(41-23-19-31(5)47-41)45(35)49(7,8)46-36-22-18-30(4)44(34-16-12-10-14-28(34)2)38(36)26-40(46)42-24-20-32(6)48-42/h9-26,45-46H,1-8H3. The summed E-state index contributed by atoms with van der Waals surface area (Å²) in [7, 11) is -2.38. The van der Waals surface area contributed by atoms with Crippen LogP contribution in [0.5, 0.6) is 0 Å². The molecule has 2 heterocycles. The predicted octanol–water partition coefficient (Wildman–Crippen LogP) is 12.8. The minimum atomic E-state index is -2.38. The molecule has 0 fully saturated rings. The van der Waals surface area contributed by atoms with Crippen LogP contribution in [0, 0.1) is 41.5 Å². The predicted molar refractivity (Wildman–Crippen MR) is 208 cm³/mol. The molecular weight excluding hydrogens is 613 g/mol.